The van der Waals surface area contributed by atoms with Crippen LogP contribution in [0.1, 0.15) is 65.6 Å². The molecule has 1 aliphatic heterocycles. The van der Waals surface area contributed by atoms with Gasteiger partial charge < -0.3 is 0 Å². The summed E-state index contributed by atoms with van der Waals surface area (Å²) in [5.41, 5.74) is 1.92. The minimum atomic E-state index is -1.04. The number of aromatic nitrogens is 2. The largest absolute Gasteiger partial charge is 0.298 e. The van der Waals surface area contributed by atoms with Crippen LogP contribution in [0.4, 0.5) is 0 Å². The first-order valence-electron chi connectivity index (χ1n) is 13.3. The van der Waals surface area contributed by atoms with Crippen LogP contribution in [0.3, 0.4) is 0 Å². The van der Waals surface area contributed by atoms with Gasteiger partial charge in [-0.2, -0.15) is 5.26 Å². The van der Waals surface area contributed by atoms with Crippen molar-refractivity contribution < 1.29 is 9.59 Å². The first-order chi connectivity index (χ1) is 18.6. The number of carbonyl (C=O) groups is 2. The van der Waals surface area contributed by atoms with E-state index in [0.717, 1.165) is 24.0 Å². The molecule has 0 radical (unpaired) electrons. The van der Waals surface area contributed by atoms with Gasteiger partial charge in [-0.3, -0.25) is 29.4 Å². The molecule has 1 fully saturated rings. The number of amides is 1. The quantitative estimate of drug-likeness (QED) is 0.383. The number of benzene rings is 1. The number of carbonyl (C=O) groups excluding carboxylic acids is 2. The first kappa shape index (κ1) is 25.5. The monoisotopic (exact) mass is 505 g/mol. The number of rotatable bonds is 9. The molecule has 2 aromatic heterocycles. The Kier molecular flexibility index (Phi) is 7.69. The fourth-order valence-electron chi connectivity index (χ4n) is 5.62. The zero-order chi connectivity index (χ0) is 26.4. The van der Waals surface area contributed by atoms with Crippen LogP contribution in [-0.4, -0.2) is 44.5 Å². The van der Waals surface area contributed by atoms with Crippen molar-refractivity contribution in [2.75, 3.05) is 6.54 Å². The normalized spacial score (nSPS) is 17.2. The summed E-state index contributed by atoms with van der Waals surface area (Å²) in [5.74, 6) is 0.788. The van der Waals surface area contributed by atoms with Gasteiger partial charge in [0.25, 0.3) is 5.91 Å². The SMILES string of the molecule is N#Cc1ccc(C(=O)CC2=NC(Cc3ccncc3)(Cc3ccncc3)C(=O)N2CC2CCCCC2)cc1. The molecule has 2 aliphatic rings. The number of amidine groups is 1. The zero-order valence-electron chi connectivity index (χ0n) is 21.4. The van der Waals surface area contributed by atoms with E-state index in [0.29, 0.717) is 42.3 Å². The Labute approximate surface area is 223 Å². The van der Waals surface area contributed by atoms with E-state index in [-0.39, 0.29) is 18.1 Å². The molecule has 0 bridgehead atoms. The van der Waals surface area contributed by atoms with Gasteiger partial charge in [0.1, 0.15) is 11.4 Å². The number of aliphatic imine (C=N–C) groups is 1. The van der Waals surface area contributed by atoms with Crippen molar-refractivity contribution in [3.05, 3.63) is 95.6 Å². The van der Waals surface area contributed by atoms with Gasteiger partial charge in [0, 0.05) is 49.7 Å². The third-order valence-electron chi connectivity index (χ3n) is 7.61. The maximum atomic E-state index is 14.4. The van der Waals surface area contributed by atoms with E-state index in [4.69, 9.17) is 10.3 Å². The van der Waals surface area contributed by atoms with Gasteiger partial charge in [0.05, 0.1) is 18.1 Å². The summed E-state index contributed by atoms with van der Waals surface area (Å²) in [6.07, 6.45) is 13.5. The first-order valence-corrected chi connectivity index (χ1v) is 13.3. The van der Waals surface area contributed by atoms with Gasteiger partial charge in [0.2, 0.25) is 0 Å². The van der Waals surface area contributed by atoms with E-state index in [2.05, 4.69) is 16.0 Å². The lowest BCUT2D eigenvalue weighted by Crippen LogP contribution is -2.47. The molecule has 38 heavy (non-hydrogen) atoms. The second-order valence-electron chi connectivity index (χ2n) is 10.3. The molecule has 0 unspecified atom stereocenters. The maximum absolute atomic E-state index is 14.4. The Balaban J connectivity index is 1.51. The molecule has 5 rings (SSSR count). The summed E-state index contributed by atoms with van der Waals surface area (Å²) in [4.78, 5) is 42.9. The van der Waals surface area contributed by atoms with Crippen LogP contribution in [-0.2, 0) is 17.6 Å². The van der Waals surface area contributed by atoms with E-state index in [1.807, 2.05) is 24.3 Å². The molecule has 0 spiro atoms. The topological polar surface area (TPSA) is 99.3 Å². The van der Waals surface area contributed by atoms with Crippen LogP contribution in [0, 0.1) is 17.2 Å². The lowest BCUT2D eigenvalue weighted by molar-refractivity contribution is -0.131. The predicted molar refractivity (Wildman–Crippen MR) is 144 cm³/mol. The van der Waals surface area contributed by atoms with E-state index in [1.54, 1.807) is 54.0 Å². The van der Waals surface area contributed by atoms with Crippen LogP contribution in [0.5, 0.6) is 0 Å². The highest BCUT2D eigenvalue weighted by molar-refractivity contribution is 6.17. The summed E-state index contributed by atoms with van der Waals surface area (Å²) in [7, 11) is 0. The summed E-state index contributed by atoms with van der Waals surface area (Å²) in [5, 5.41) is 9.11. The van der Waals surface area contributed by atoms with E-state index >= 15 is 0 Å². The van der Waals surface area contributed by atoms with Gasteiger partial charge in [-0.15, -0.1) is 0 Å². The predicted octanol–water partition coefficient (Wildman–Crippen LogP) is 4.97. The highest BCUT2D eigenvalue weighted by atomic mass is 16.2. The van der Waals surface area contributed by atoms with Gasteiger partial charge >= 0.3 is 0 Å². The maximum Gasteiger partial charge on any atom is 0.256 e. The number of hydrogen-bond acceptors (Lipinski definition) is 6. The van der Waals surface area contributed by atoms with Crippen molar-refractivity contribution in [2.24, 2.45) is 10.9 Å². The van der Waals surface area contributed by atoms with Crippen molar-refractivity contribution >= 4 is 17.5 Å². The summed E-state index contributed by atoms with van der Waals surface area (Å²) in [6, 6.07) is 16.4. The van der Waals surface area contributed by atoms with E-state index in [9.17, 15) is 9.59 Å². The zero-order valence-corrected chi connectivity index (χ0v) is 21.4. The molecule has 192 valence electrons. The third kappa shape index (κ3) is 5.70. The van der Waals surface area contributed by atoms with Gasteiger partial charge in [0.15, 0.2) is 5.78 Å². The molecule has 3 aromatic rings. The number of nitrogens with zero attached hydrogens (tertiary/aromatic N) is 5. The Morgan fingerprint density at radius 1 is 0.895 bits per heavy atom. The van der Waals surface area contributed by atoms with Crippen LogP contribution < -0.4 is 0 Å². The van der Waals surface area contributed by atoms with Gasteiger partial charge in [-0.25, -0.2) is 0 Å². The molecule has 0 N–H and O–H groups in total. The fraction of sp³-hybridized carbons (Fsp3) is 0.355. The van der Waals surface area contributed by atoms with Crippen molar-refractivity contribution in [1.82, 2.24) is 14.9 Å². The third-order valence-corrected chi connectivity index (χ3v) is 7.61. The highest BCUT2D eigenvalue weighted by Crippen LogP contribution is 2.34. The second kappa shape index (κ2) is 11.5. The standard InChI is InChI=1S/C31H31N5O2/c32-21-25-6-8-27(9-7-25)28(37)18-29-35-31(19-23-10-14-33-15-11-23,20-24-12-16-34-17-13-24)30(38)36(29)22-26-4-2-1-3-5-26/h6-17,26H,1-5,18-20,22H2. The Hall–Kier alpha value is -4.18. The average Bonchev–Trinajstić information content (AvgIpc) is 3.19. The van der Waals surface area contributed by atoms with E-state index in [1.165, 1.54) is 19.3 Å². The van der Waals surface area contributed by atoms with Crippen LogP contribution >= 0.6 is 0 Å². The molecule has 1 aromatic carbocycles. The Morgan fingerprint density at radius 2 is 1.47 bits per heavy atom. The molecule has 0 atom stereocenters. The van der Waals surface area contributed by atoms with Crippen LogP contribution in [0.25, 0.3) is 0 Å². The minimum absolute atomic E-state index is 0.0405. The summed E-state index contributed by atoms with van der Waals surface area (Å²) >= 11 is 0. The lowest BCUT2D eigenvalue weighted by Gasteiger charge is -2.30. The smallest absolute Gasteiger partial charge is 0.256 e. The summed E-state index contributed by atoms with van der Waals surface area (Å²) < 4.78 is 0. The number of Topliss-reactive ketones (excluding diaryl/α,β-unsaturated/α-hetero) is 1. The van der Waals surface area contributed by atoms with E-state index < -0.39 is 5.54 Å². The molecule has 7 heteroatoms. The second-order valence-corrected chi connectivity index (χ2v) is 10.3. The van der Waals surface area contributed by atoms with Crippen molar-refractivity contribution in [3.8, 4) is 6.07 Å². The minimum Gasteiger partial charge on any atom is -0.298 e. The molecule has 1 aliphatic carbocycles. The molecule has 3 heterocycles. The highest BCUT2D eigenvalue weighted by Gasteiger charge is 2.49. The summed E-state index contributed by atoms with van der Waals surface area (Å²) in [6.45, 7) is 0.590. The van der Waals surface area contributed by atoms with Gasteiger partial charge in [-0.05, 0) is 66.3 Å². The number of nitriles is 1. The molecule has 1 saturated carbocycles. The van der Waals surface area contributed by atoms with Crippen molar-refractivity contribution in [2.45, 2.75) is 56.9 Å². The molecular weight excluding hydrogens is 474 g/mol. The number of ketones is 1. The van der Waals surface area contributed by atoms with Crippen LogP contribution in [0.15, 0.2) is 78.3 Å². The Bertz CT molecular complexity index is 1300. The average molecular weight is 506 g/mol. The fourth-order valence-corrected chi connectivity index (χ4v) is 5.62. The number of hydrogen-bond donors (Lipinski definition) is 0. The molecule has 7 nitrogen and oxygen atoms in total. The number of pyridine rings is 2. The van der Waals surface area contributed by atoms with Gasteiger partial charge in [-0.1, -0.05) is 31.4 Å². The van der Waals surface area contributed by atoms with Crippen molar-refractivity contribution in [1.29, 1.82) is 5.26 Å². The van der Waals surface area contributed by atoms with Crippen molar-refractivity contribution in [3.63, 3.8) is 0 Å². The molecule has 0 saturated heterocycles. The Morgan fingerprint density at radius 3 is 2.03 bits per heavy atom. The molecular formula is C31H31N5O2. The lowest BCUT2D eigenvalue weighted by atomic mass is 9.84. The molecule has 1 amide bonds. The van der Waals surface area contributed by atoms with Crippen LogP contribution in [0.2, 0.25) is 0 Å².